The van der Waals surface area contributed by atoms with E-state index in [4.69, 9.17) is 5.73 Å². The Balaban J connectivity index is 2.20. The van der Waals surface area contributed by atoms with Crippen molar-refractivity contribution in [3.63, 3.8) is 0 Å². The maximum Gasteiger partial charge on any atom is 0.128 e. The highest BCUT2D eigenvalue weighted by Crippen LogP contribution is 2.20. The van der Waals surface area contributed by atoms with Crippen LogP contribution in [0.25, 0.3) is 0 Å². The Hall–Kier alpha value is -1.39. The van der Waals surface area contributed by atoms with Crippen LogP contribution >= 0.6 is 15.9 Å². The number of hydrogen-bond donors (Lipinski definition) is 1. The van der Waals surface area contributed by atoms with Gasteiger partial charge in [0.15, 0.2) is 0 Å². The van der Waals surface area contributed by atoms with Crippen LogP contribution in [0.1, 0.15) is 16.8 Å². The summed E-state index contributed by atoms with van der Waals surface area (Å²) < 4.78 is 1.03. The number of nitrogens with zero attached hydrogens (tertiary/aromatic N) is 2. The Morgan fingerprint density at radius 2 is 1.84 bits per heavy atom. The van der Waals surface area contributed by atoms with Gasteiger partial charge in [0.1, 0.15) is 5.82 Å². The van der Waals surface area contributed by atoms with E-state index in [9.17, 15) is 0 Å². The van der Waals surface area contributed by atoms with E-state index in [1.54, 1.807) is 0 Å². The van der Waals surface area contributed by atoms with Crippen molar-refractivity contribution in [3.05, 3.63) is 57.7 Å². The van der Waals surface area contributed by atoms with Gasteiger partial charge in [0.05, 0.1) is 5.69 Å². The Labute approximate surface area is 122 Å². The lowest BCUT2D eigenvalue weighted by Crippen LogP contribution is -2.19. The molecule has 2 aromatic rings. The summed E-state index contributed by atoms with van der Waals surface area (Å²) in [6, 6.07) is 12.3. The molecule has 0 fully saturated rings. The molecular weight excluding hydrogens is 302 g/mol. The molecular formula is C15H18BrN3. The molecule has 1 aromatic carbocycles. The zero-order chi connectivity index (χ0) is 13.8. The predicted octanol–water partition coefficient (Wildman–Crippen LogP) is 3.25. The number of pyridine rings is 1. The smallest absolute Gasteiger partial charge is 0.128 e. The third-order valence-corrected chi connectivity index (χ3v) is 3.98. The molecule has 2 N–H and O–H groups in total. The predicted molar refractivity (Wildman–Crippen MR) is 83.1 cm³/mol. The molecule has 2 rings (SSSR count). The summed E-state index contributed by atoms with van der Waals surface area (Å²) >= 11 is 3.47. The molecule has 0 aliphatic rings. The van der Waals surface area contributed by atoms with E-state index in [0.29, 0.717) is 6.54 Å². The second kappa shape index (κ2) is 6.17. The highest BCUT2D eigenvalue weighted by Gasteiger charge is 2.07. The summed E-state index contributed by atoms with van der Waals surface area (Å²) in [7, 11) is 2.04. The standard InChI is InChI=1S/C15H18BrN3/c1-11-14(16)7-8-15(18-11)19(2)10-13-6-4-3-5-12(13)9-17/h3-8H,9-10,17H2,1-2H3. The first-order valence-corrected chi connectivity index (χ1v) is 7.02. The zero-order valence-electron chi connectivity index (χ0n) is 11.2. The Bertz CT molecular complexity index is 569. The van der Waals surface area contributed by atoms with Gasteiger partial charge in [-0.3, -0.25) is 0 Å². The fraction of sp³-hybridized carbons (Fsp3) is 0.267. The molecule has 19 heavy (non-hydrogen) atoms. The van der Waals surface area contributed by atoms with Gasteiger partial charge in [-0.1, -0.05) is 24.3 Å². The average molecular weight is 320 g/mol. The van der Waals surface area contributed by atoms with Crippen LogP contribution < -0.4 is 10.6 Å². The topological polar surface area (TPSA) is 42.2 Å². The lowest BCUT2D eigenvalue weighted by Gasteiger charge is -2.20. The number of aromatic nitrogens is 1. The summed E-state index contributed by atoms with van der Waals surface area (Å²) in [5.74, 6) is 0.965. The highest BCUT2D eigenvalue weighted by molar-refractivity contribution is 9.10. The van der Waals surface area contributed by atoms with Crippen LogP contribution in [0.4, 0.5) is 5.82 Å². The summed E-state index contributed by atoms with van der Waals surface area (Å²) in [6.07, 6.45) is 0. The number of halogens is 1. The minimum atomic E-state index is 0.566. The van der Waals surface area contributed by atoms with Crippen molar-refractivity contribution in [1.29, 1.82) is 0 Å². The van der Waals surface area contributed by atoms with E-state index < -0.39 is 0 Å². The molecule has 0 saturated carbocycles. The molecule has 1 aromatic heterocycles. The van der Waals surface area contributed by atoms with Gasteiger partial charge in [0.2, 0.25) is 0 Å². The molecule has 0 atom stereocenters. The number of hydrogen-bond acceptors (Lipinski definition) is 3. The second-order valence-corrected chi connectivity index (χ2v) is 5.42. The third-order valence-electron chi connectivity index (χ3n) is 3.14. The molecule has 3 nitrogen and oxygen atoms in total. The SMILES string of the molecule is Cc1nc(N(C)Cc2ccccc2CN)ccc1Br. The molecule has 0 amide bonds. The minimum Gasteiger partial charge on any atom is -0.355 e. The van der Waals surface area contributed by atoms with E-state index in [1.807, 2.05) is 38.2 Å². The number of nitrogens with two attached hydrogens (primary N) is 1. The third kappa shape index (κ3) is 3.33. The molecule has 0 spiro atoms. The van der Waals surface area contributed by atoms with E-state index in [-0.39, 0.29) is 0 Å². The average Bonchev–Trinajstić information content (AvgIpc) is 2.42. The first kappa shape index (κ1) is 14.0. The summed E-state index contributed by atoms with van der Waals surface area (Å²) in [6.45, 7) is 3.37. The van der Waals surface area contributed by atoms with Crippen LogP contribution in [0.2, 0.25) is 0 Å². The van der Waals surface area contributed by atoms with Crippen molar-refractivity contribution < 1.29 is 0 Å². The fourth-order valence-electron chi connectivity index (χ4n) is 1.99. The monoisotopic (exact) mass is 319 g/mol. The minimum absolute atomic E-state index is 0.566. The van der Waals surface area contributed by atoms with Gasteiger partial charge >= 0.3 is 0 Å². The van der Waals surface area contributed by atoms with Gasteiger partial charge in [-0.05, 0) is 46.1 Å². The van der Waals surface area contributed by atoms with Gasteiger partial charge in [-0.2, -0.15) is 0 Å². The van der Waals surface area contributed by atoms with Gasteiger partial charge in [0, 0.05) is 24.6 Å². The van der Waals surface area contributed by atoms with Crippen molar-refractivity contribution in [2.24, 2.45) is 5.73 Å². The zero-order valence-corrected chi connectivity index (χ0v) is 12.8. The van der Waals surface area contributed by atoms with Crippen LogP contribution in [0.15, 0.2) is 40.9 Å². The summed E-state index contributed by atoms with van der Waals surface area (Å²) in [5.41, 5.74) is 9.19. The molecule has 0 bridgehead atoms. The first-order chi connectivity index (χ1) is 9.11. The van der Waals surface area contributed by atoms with E-state index >= 15 is 0 Å². The molecule has 100 valence electrons. The highest BCUT2D eigenvalue weighted by atomic mass is 79.9. The van der Waals surface area contributed by atoms with Crippen molar-refractivity contribution >= 4 is 21.7 Å². The quantitative estimate of drug-likeness (QED) is 0.940. The Kier molecular flexibility index (Phi) is 4.56. The fourth-order valence-corrected chi connectivity index (χ4v) is 2.21. The van der Waals surface area contributed by atoms with Gasteiger partial charge in [0.25, 0.3) is 0 Å². The van der Waals surface area contributed by atoms with Gasteiger partial charge < -0.3 is 10.6 Å². The van der Waals surface area contributed by atoms with Gasteiger partial charge in [-0.25, -0.2) is 4.98 Å². The number of rotatable bonds is 4. The molecule has 0 aliphatic heterocycles. The van der Waals surface area contributed by atoms with Crippen molar-refractivity contribution in [3.8, 4) is 0 Å². The Morgan fingerprint density at radius 3 is 2.47 bits per heavy atom. The first-order valence-electron chi connectivity index (χ1n) is 6.23. The van der Waals surface area contributed by atoms with Crippen LogP contribution in [0.5, 0.6) is 0 Å². The molecule has 4 heteroatoms. The second-order valence-electron chi connectivity index (χ2n) is 4.57. The summed E-state index contributed by atoms with van der Waals surface area (Å²) in [4.78, 5) is 6.70. The summed E-state index contributed by atoms with van der Waals surface area (Å²) in [5, 5.41) is 0. The lowest BCUT2D eigenvalue weighted by atomic mass is 10.1. The van der Waals surface area contributed by atoms with Crippen LogP contribution in [-0.4, -0.2) is 12.0 Å². The number of anilines is 1. The maximum atomic E-state index is 5.77. The van der Waals surface area contributed by atoms with Crippen LogP contribution in [0, 0.1) is 6.92 Å². The van der Waals surface area contributed by atoms with Crippen LogP contribution in [0.3, 0.4) is 0 Å². The molecule has 0 radical (unpaired) electrons. The Morgan fingerprint density at radius 1 is 1.16 bits per heavy atom. The number of benzene rings is 1. The van der Waals surface area contributed by atoms with E-state index in [0.717, 1.165) is 22.5 Å². The maximum absolute atomic E-state index is 5.77. The molecule has 0 saturated heterocycles. The van der Waals surface area contributed by atoms with Crippen molar-refractivity contribution in [2.75, 3.05) is 11.9 Å². The molecule has 0 unspecified atom stereocenters. The van der Waals surface area contributed by atoms with Crippen molar-refractivity contribution in [2.45, 2.75) is 20.0 Å². The van der Waals surface area contributed by atoms with E-state index in [2.05, 4.69) is 37.9 Å². The molecule has 0 aliphatic carbocycles. The van der Waals surface area contributed by atoms with Crippen molar-refractivity contribution in [1.82, 2.24) is 4.98 Å². The number of aryl methyl sites for hydroxylation is 1. The largest absolute Gasteiger partial charge is 0.355 e. The van der Waals surface area contributed by atoms with Crippen LogP contribution in [-0.2, 0) is 13.1 Å². The molecule has 1 heterocycles. The normalized spacial score (nSPS) is 10.5. The van der Waals surface area contributed by atoms with Gasteiger partial charge in [-0.15, -0.1) is 0 Å². The van der Waals surface area contributed by atoms with E-state index in [1.165, 1.54) is 11.1 Å². The lowest BCUT2D eigenvalue weighted by molar-refractivity contribution is 0.871.